The van der Waals surface area contributed by atoms with Gasteiger partial charge in [0.15, 0.2) is 31.0 Å². The molecule has 0 aliphatic heterocycles. The number of pyridine rings is 5. The summed E-state index contributed by atoms with van der Waals surface area (Å²) >= 11 is 0. The Morgan fingerprint density at radius 2 is 0.727 bits per heavy atom. The van der Waals surface area contributed by atoms with Crippen molar-refractivity contribution >= 4 is 0 Å². The molecule has 16 rings (SSSR count). The van der Waals surface area contributed by atoms with Crippen molar-refractivity contribution in [2.24, 2.45) is 40.7 Å². The zero-order chi connectivity index (χ0) is 84.4. The second kappa shape index (κ2) is 30.1. The summed E-state index contributed by atoms with van der Waals surface area (Å²) in [4.78, 5) is 0. The summed E-state index contributed by atoms with van der Waals surface area (Å²) in [7, 11) is 10.6. The molecule has 6 aliphatic carbocycles. The molecule has 5 heterocycles. The molecule has 1 saturated carbocycles. The maximum Gasteiger partial charge on any atom is 0.216 e. The van der Waals surface area contributed by atoms with Gasteiger partial charge in [0.1, 0.15) is 35.2 Å². The molecule has 3 unspecified atom stereocenters. The van der Waals surface area contributed by atoms with Crippen LogP contribution in [0.3, 0.4) is 0 Å². The molecule has 0 saturated heterocycles. The monoisotopic (exact) mass is 1470 g/mol. The van der Waals surface area contributed by atoms with E-state index in [1.54, 1.807) is 23.3 Å². The number of fused-ring (bicyclic) bond motifs is 9. The number of hydrogen-bond acceptors (Lipinski definition) is 0. The van der Waals surface area contributed by atoms with Gasteiger partial charge in [-0.2, -0.15) is 0 Å². The highest BCUT2D eigenvalue weighted by Gasteiger charge is 2.54. The van der Waals surface area contributed by atoms with Crippen LogP contribution in [0.1, 0.15) is 301 Å². The van der Waals surface area contributed by atoms with Crippen LogP contribution in [0.5, 0.6) is 0 Å². The highest BCUT2D eigenvalue weighted by molar-refractivity contribution is 5.70. The SMILES string of the molecule is Cc1cc2c(cc1-c1cccc[n+]1C)C(C)(C)CCC2(C)C.Cc1ccc(-c2cc3c(c[n+]2C)C(C)(C)CCC3C)c(C)c1.Cc1ccccc1-c1cc2c(c[n+]1C)C(C)(C)CCC2(C)C.[2H]C([2H])([2H])c1ccc(-c2cc3c(c[n+]2C)C(C)(C)CCC3(C)C)c(C)c1.[2H]C12CCC([2H])(c3c1cc[n+](C)c3-c1ccccc1C)C2(C)C. The van der Waals surface area contributed by atoms with E-state index in [1.807, 2.05) is 13.0 Å². The molecule has 0 N–H and O–H groups in total. The van der Waals surface area contributed by atoms with Crippen molar-refractivity contribution in [3.63, 3.8) is 0 Å². The summed E-state index contributed by atoms with van der Waals surface area (Å²) in [5.41, 5.74) is 36.1. The lowest BCUT2D eigenvalue weighted by atomic mass is 9.62. The van der Waals surface area contributed by atoms with Crippen molar-refractivity contribution in [3.05, 3.63) is 265 Å². The third-order valence-electron chi connectivity index (χ3n) is 27.6. The standard InChI is InChI=1S/C22H30N.3C21H28N.C20H24N/c1-15-8-9-17(16(2)12-15)20-13-18-19(14-23(20)7)22(5,6)11-10-21(18,3)4;1-14-7-8-17(16(3)11-14)20-12-18-15(2)9-10-21(4,5)19(18)13-22(20)6;1-15-13-17-18(21(4,5)11-10-20(17,2)3)14-16(15)19-9-7-8-12-22(19)6;1-15-9-7-8-10-16(15)19-13-17-18(14-22(19)6)21(4,5)12-11-20(17,2)3;1-13-7-5-6-8-14(13)19-18-15(11-12-21(19)4)16-9-10-17(18)20(16,2)3/h8-9,12-14H,10-11H2,1-7H3;7-8,11-13,15H,9-10H2,1-6H3;7-9,12-14H,10-11H2,1-6H3;7-10,13-14H,11-12H2,1-6H3;5-8,11-12,16-17H,9-10H2,1-4H3/q5*+1/i1D3;;;;16D,17D. The van der Waals surface area contributed by atoms with Crippen LogP contribution in [0.4, 0.5) is 0 Å². The summed E-state index contributed by atoms with van der Waals surface area (Å²) < 4.78 is 52.5. The molecule has 3 atom stereocenters. The molecule has 5 nitrogen and oxygen atoms in total. The highest BCUT2D eigenvalue weighted by atomic mass is 15.0. The molecule has 0 spiro atoms. The lowest BCUT2D eigenvalue weighted by Crippen LogP contribution is -2.40. The molecule has 110 heavy (non-hydrogen) atoms. The van der Waals surface area contributed by atoms with Crippen molar-refractivity contribution in [1.82, 2.24) is 0 Å². The van der Waals surface area contributed by atoms with E-state index >= 15 is 0 Å². The Kier molecular flexibility index (Phi) is 20.4. The third-order valence-corrected chi connectivity index (χ3v) is 27.6. The Morgan fingerprint density at radius 1 is 0.318 bits per heavy atom. The van der Waals surface area contributed by atoms with Crippen molar-refractivity contribution in [1.29, 1.82) is 0 Å². The van der Waals surface area contributed by atoms with Crippen molar-refractivity contribution in [2.45, 2.75) is 286 Å². The molecular weight excluding hydrogens is 1330 g/mol. The number of aryl methyl sites for hydroxylation is 12. The molecule has 10 aromatic rings. The van der Waals surface area contributed by atoms with Gasteiger partial charge in [-0.3, -0.25) is 0 Å². The lowest BCUT2D eigenvalue weighted by molar-refractivity contribution is -0.661. The Bertz CT molecular complexity index is 5280. The summed E-state index contributed by atoms with van der Waals surface area (Å²) in [5.74, 6) is -0.662. The topological polar surface area (TPSA) is 19.4 Å². The van der Waals surface area contributed by atoms with Gasteiger partial charge in [0.05, 0.1) is 0 Å². The van der Waals surface area contributed by atoms with E-state index in [4.69, 9.17) is 5.48 Å². The first kappa shape index (κ1) is 74.6. The van der Waals surface area contributed by atoms with Crippen molar-refractivity contribution < 1.29 is 29.7 Å². The normalized spacial score (nSPS) is 22.3. The van der Waals surface area contributed by atoms with E-state index in [-0.39, 0.29) is 37.9 Å². The van der Waals surface area contributed by atoms with E-state index in [1.165, 1.54) is 152 Å². The van der Waals surface area contributed by atoms with Crippen LogP contribution in [0.25, 0.3) is 56.3 Å². The van der Waals surface area contributed by atoms with E-state index < -0.39 is 18.6 Å². The first-order chi connectivity index (χ1) is 53.3. The Labute approximate surface area is 673 Å². The van der Waals surface area contributed by atoms with Crippen LogP contribution in [0.15, 0.2) is 171 Å². The third kappa shape index (κ3) is 15.6. The van der Waals surface area contributed by atoms with Gasteiger partial charge in [-0.05, 0) is 271 Å². The van der Waals surface area contributed by atoms with E-state index in [0.29, 0.717) is 16.9 Å². The first-order valence-electron chi connectivity index (χ1n) is 43.9. The van der Waals surface area contributed by atoms with E-state index in [0.717, 1.165) is 46.5 Å². The lowest BCUT2D eigenvalue weighted by Gasteiger charge is -2.42. The minimum absolute atomic E-state index is 0.153. The van der Waals surface area contributed by atoms with Crippen LogP contribution in [0, 0.1) is 53.8 Å². The average Bonchev–Trinajstić information content (AvgIpc) is 1.50. The van der Waals surface area contributed by atoms with Gasteiger partial charge in [0, 0.05) is 93.3 Å². The van der Waals surface area contributed by atoms with Crippen LogP contribution < -0.4 is 22.8 Å². The quantitative estimate of drug-likeness (QED) is 0.153. The Morgan fingerprint density at radius 3 is 1.23 bits per heavy atom. The zero-order valence-corrected chi connectivity index (χ0v) is 73.1. The van der Waals surface area contributed by atoms with E-state index in [9.17, 15) is 1.37 Å². The number of hydrogen-bond donors (Lipinski definition) is 0. The first-order valence-corrected chi connectivity index (χ1v) is 41.4. The van der Waals surface area contributed by atoms with Crippen molar-refractivity contribution in [2.75, 3.05) is 0 Å². The van der Waals surface area contributed by atoms with Crippen LogP contribution in [-0.4, -0.2) is 0 Å². The number of aromatic nitrogens is 5. The van der Waals surface area contributed by atoms with Gasteiger partial charge in [0.25, 0.3) is 0 Å². The molecule has 0 radical (unpaired) electrons. The number of rotatable bonds is 5. The highest BCUT2D eigenvalue weighted by Crippen LogP contribution is 2.65. The van der Waals surface area contributed by atoms with Crippen LogP contribution >= 0.6 is 0 Å². The number of benzene rings is 5. The van der Waals surface area contributed by atoms with Gasteiger partial charge in [-0.15, -0.1) is 0 Å². The summed E-state index contributed by atoms with van der Waals surface area (Å²) in [5, 5.41) is 0. The molecular formula is C105H138N5+5. The largest absolute Gasteiger partial charge is 0.216 e. The predicted molar refractivity (Wildman–Crippen MR) is 463 cm³/mol. The Balaban J connectivity index is 0.000000133. The van der Waals surface area contributed by atoms with Gasteiger partial charge in [-0.25, -0.2) is 22.8 Å². The van der Waals surface area contributed by atoms with Crippen LogP contribution in [0.2, 0.25) is 0 Å². The summed E-state index contributed by atoms with van der Waals surface area (Å²) in [6, 6.07) is 50.0. The van der Waals surface area contributed by atoms with Gasteiger partial charge in [-0.1, -0.05) is 196 Å². The fourth-order valence-corrected chi connectivity index (χ4v) is 19.6. The molecule has 6 aliphatic rings. The summed E-state index contributed by atoms with van der Waals surface area (Å²) in [6.45, 7) is 50.7. The Hall–Kier alpha value is -8.15. The summed E-state index contributed by atoms with van der Waals surface area (Å²) in [6.07, 6.45) is 22.8. The van der Waals surface area contributed by atoms with Gasteiger partial charge >= 0.3 is 0 Å². The minimum Gasteiger partial charge on any atom is -0.201 e. The maximum absolute atomic E-state index is 9.30. The second-order valence-corrected chi connectivity index (χ2v) is 39.5. The smallest absolute Gasteiger partial charge is 0.201 e. The molecule has 2 bridgehead atoms. The molecule has 5 aromatic heterocycles. The number of nitrogens with zero attached hydrogens (tertiary/aromatic N) is 5. The average molecular weight is 1480 g/mol. The predicted octanol–water partition coefficient (Wildman–Crippen LogP) is 24.3. The molecule has 0 amide bonds. The molecule has 1 fully saturated rings. The fraction of sp³-hybridized carbons (Fsp3) is 0.476. The van der Waals surface area contributed by atoms with Gasteiger partial charge in [0.2, 0.25) is 28.5 Å². The second-order valence-electron chi connectivity index (χ2n) is 39.5. The van der Waals surface area contributed by atoms with Crippen LogP contribution in [-0.2, 0) is 73.1 Å². The van der Waals surface area contributed by atoms with Crippen molar-refractivity contribution in [3.8, 4) is 56.3 Å². The molecule has 5 heteroatoms. The fourth-order valence-electron chi connectivity index (χ4n) is 19.6. The molecule has 5 aromatic carbocycles. The maximum atomic E-state index is 9.30. The zero-order valence-electron chi connectivity index (χ0n) is 78.1. The molecule has 578 valence electrons. The van der Waals surface area contributed by atoms with E-state index in [2.05, 4.69) is 363 Å². The minimum atomic E-state index is -2.06. The van der Waals surface area contributed by atoms with Gasteiger partial charge < -0.3 is 0 Å².